The number of anilines is 2. The highest BCUT2D eigenvalue weighted by Gasteiger charge is 2.23. The molecular formula is C22H28ClN3OS. The zero-order valence-electron chi connectivity index (χ0n) is 16.4. The van der Waals surface area contributed by atoms with E-state index in [4.69, 9.17) is 11.6 Å². The van der Waals surface area contributed by atoms with E-state index in [1.165, 1.54) is 27.6 Å². The molecule has 2 heterocycles. The van der Waals surface area contributed by atoms with Crippen LogP contribution in [0.4, 0.5) is 11.4 Å². The van der Waals surface area contributed by atoms with E-state index in [0.717, 1.165) is 50.7 Å². The SMILES string of the molecule is CC(O)N1CCN(CCCCN2c3ccccc3Sc3ccc(Cl)cc32)CC1. The standard InChI is InChI=1S/C22H28ClN3OS/c1-17(27)25-14-12-24(13-15-25)10-4-5-11-26-19-6-2-3-7-21(19)28-22-9-8-18(23)16-20(22)26/h2-3,6-9,16-17,27H,4-5,10-15H2,1H3. The number of rotatable bonds is 6. The van der Waals surface area contributed by atoms with Crippen LogP contribution >= 0.6 is 23.4 Å². The molecule has 6 heteroatoms. The Bertz CT molecular complexity index is 808. The molecule has 2 aromatic rings. The van der Waals surface area contributed by atoms with E-state index in [9.17, 15) is 5.11 Å². The molecule has 2 aliphatic heterocycles. The van der Waals surface area contributed by atoms with Crippen molar-refractivity contribution >= 4 is 34.7 Å². The molecular weight excluding hydrogens is 390 g/mol. The molecule has 0 aromatic heterocycles. The number of aliphatic hydroxyl groups is 1. The minimum Gasteiger partial charge on any atom is -0.379 e. The van der Waals surface area contributed by atoms with Gasteiger partial charge in [0.1, 0.15) is 6.23 Å². The number of halogens is 1. The fraction of sp³-hybridized carbons (Fsp3) is 0.455. The number of para-hydroxylation sites is 1. The first kappa shape index (κ1) is 20.0. The third kappa shape index (κ3) is 4.50. The van der Waals surface area contributed by atoms with Crippen LogP contribution in [-0.2, 0) is 0 Å². The molecule has 1 atom stereocenters. The number of fused-ring (bicyclic) bond motifs is 2. The second kappa shape index (κ2) is 9.06. The Labute approximate surface area is 177 Å². The Morgan fingerprint density at radius 3 is 2.46 bits per heavy atom. The zero-order valence-corrected chi connectivity index (χ0v) is 17.9. The average molecular weight is 418 g/mol. The molecule has 1 saturated heterocycles. The smallest absolute Gasteiger partial charge is 0.104 e. The molecule has 0 spiro atoms. The maximum Gasteiger partial charge on any atom is 0.104 e. The van der Waals surface area contributed by atoms with E-state index in [-0.39, 0.29) is 6.23 Å². The van der Waals surface area contributed by atoms with Gasteiger partial charge in [-0.2, -0.15) is 0 Å². The molecule has 2 aliphatic rings. The van der Waals surface area contributed by atoms with Crippen molar-refractivity contribution in [2.45, 2.75) is 35.8 Å². The van der Waals surface area contributed by atoms with E-state index >= 15 is 0 Å². The zero-order chi connectivity index (χ0) is 19.5. The highest BCUT2D eigenvalue weighted by atomic mass is 35.5. The number of benzene rings is 2. The van der Waals surface area contributed by atoms with Gasteiger partial charge in [0.05, 0.1) is 11.4 Å². The van der Waals surface area contributed by atoms with Crippen molar-refractivity contribution in [2.24, 2.45) is 0 Å². The third-order valence-electron chi connectivity index (χ3n) is 5.63. The maximum absolute atomic E-state index is 9.69. The molecule has 1 unspecified atom stereocenters. The lowest BCUT2D eigenvalue weighted by Gasteiger charge is -2.36. The molecule has 0 bridgehead atoms. The largest absolute Gasteiger partial charge is 0.379 e. The molecule has 0 radical (unpaired) electrons. The average Bonchev–Trinajstić information content (AvgIpc) is 2.71. The lowest BCUT2D eigenvalue weighted by Crippen LogP contribution is -2.49. The van der Waals surface area contributed by atoms with E-state index < -0.39 is 0 Å². The van der Waals surface area contributed by atoms with Gasteiger partial charge in [-0.15, -0.1) is 0 Å². The van der Waals surface area contributed by atoms with Gasteiger partial charge in [0.25, 0.3) is 0 Å². The van der Waals surface area contributed by atoms with Gasteiger partial charge in [0.2, 0.25) is 0 Å². The van der Waals surface area contributed by atoms with Crippen LogP contribution in [0.5, 0.6) is 0 Å². The molecule has 4 nitrogen and oxygen atoms in total. The number of nitrogens with zero attached hydrogens (tertiary/aromatic N) is 3. The highest BCUT2D eigenvalue weighted by molar-refractivity contribution is 7.99. The van der Waals surface area contributed by atoms with Crippen LogP contribution < -0.4 is 4.90 Å². The second-order valence-electron chi connectivity index (χ2n) is 7.55. The van der Waals surface area contributed by atoms with E-state index in [1.807, 2.05) is 24.8 Å². The maximum atomic E-state index is 9.69. The van der Waals surface area contributed by atoms with Crippen LogP contribution in [-0.4, -0.2) is 60.4 Å². The van der Waals surface area contributed by atoms with Crippen molar-refractivity contribution in [3.8, 4) is 0 Å². The summed E-state index contributed by atoms with van der Waals surface area (Å²) in [4.78, 5) is 9.67. The molecule has 0 saturated carbocycles. The predicted molar refractivity (Wildman–Crippen MR) is 118 cm³/mol. The van der Waals surface area contributed by atoms with Gasteiger partial charge in [-0.05, 0) is 56.6 Å². The van der Waals surface area contributed by atoms with Gasteiger partial charge in [-0.25, -0.2) is 0 Å². The molecule has 150 valence electrons. The van der Waals surface area contributed by atoms with Crippen molar-refractivity contribution in [2.75, 3.05) is 44.2 Å². The summed E-state index contributed by atoms with van der Waals surface area (Å²) in [5.41, 5.74) is 2.51. The van der Waals surface area contributed by atoms with Gasteiger partial charge < -0.3 is 14.9 Å². The lowest BCUT2D eigenvalue weighted by molar-refractivity contribution is -0.0128. The Hall–Kier alpha value is -1.24. The summed E-state index contributed by atoms with van der Waals surface area (Å²) < 4.78 is 0. The van der Waals surface area contributed by atoms with Crippen LogP contribution in [0.1, 0.15) is 19.8 Å². The van der Waals surface area contributed by atoms with Crippen LogP contribution in [0, 0.1) is 0 Å². The van der Waals surface area contributed by atoms with Gasteiger partial charge in [-0.1, -0.05) is 35.5 Å². The fourth-order valence-electron chi connectivity index (χ4n) is 4.01. The summed E-state index contributed by atoms with van der Waals surface area (Å²) in [6.45, 7) is 7.99. The van der Waals surface area contributed by atoms with Crippen LogP contribution in [0.2, 0.25) is 5.02 Å². The summed E-state index contributed by atoms with van der Waals surface area (Å²) in [7, 11) is 0. The Kier molecular flexibility index (Phi) is 6.48. The van der Waals surface area contributed by atoms with Crippen LogP contribution in [0.25, 0.3) is 0 Å². The summed E-state index contributed by atoms with van der Waals surface area (Å²) >= 11 is 8.13. The molecule has 0 aliphatic carbocycles. The van der Waals surface area contributed by atoms with Gasteiger partial charge in [0, 0.05) is 47.5 Å². The molecule has 28 heavy (non-hydrogen) atoms. The monoisotopic (exact) mass is 417 g/mol. The molecule has 1 fully saturated rings. The normalized spacial score (nSPS) is 18.6. The van der Waals surface area contributed by atoms with Gasteiger partial charge in [0.15, 0.2) is 0 Å². The first-order chi connectivity index (χ1) is 13.6. The highest BCUT2D eigenvalue weighted by Crippen LogP contribution is 2.48. The Balaban J connectivity index is 1.36. The van der Waals surface area contributed by atoms with E-state index in [1.54, 1.807) is 0 Å². The Morgan fingerprint density at radius 2 is 1.68 bits per heavy atom. The van der Waals surface area contributed by atoms with Crippen LogP contribution in [0.15, 0.2) is 52.3 Å². The van der Waals surface area contributed by atoms with Crippen molar-refractivity contribution in [3.63, 3.8) is 0 Å². The van der Waals surface area contributed by atoms with Crippen molar-refractivity contribution in [1.29, 1.82) is 0 Å². The van der Waals surface area contributed by atoms with Crippen molar-refractivity contribution in [1.82, 2.24) is 9.80 Å². The summed E-state index contributed by atoms with van der Waals surface area (Å²) in [6.07, 6.45) is 1.99. The molecule has 4 rings (SSSR count). The first-order valence-corrected chi connectivity index (χ1v) is 11.3. The molecule has 0 amide bonds. The molecule has 1 N–H and O–H groups in total. The number of hydrogen-bond donors (Lipinski definition) is 1. The summed E-state index contributed by atoms with van der Waals surface area (Å²) in [6, 6.07) is 14.8. The Morgan fingerprint density at radius 1 is 0.964 bits per heavy atom. The summed E-state index contributed by atoms with van der Waals surface area (Å²) in [5, 5.41) is 10.5. The van der Waals surface area contributed by atoms with E-state index in [0.29, 0.717) is 0 Å². The van der Waals surface area contributed by atoms with Gasteiger partial charge in [-0.3, -0.25) is 4.90 Å². The fourth-order valence-corrected chi connectivity index (χ4v) is 5.25. The predicted octanol–water partition coefficient (Wildman–Crippen LogP) is 4.68. The van der Waals surface area contributed by atoms with Crippen molar-refractivity contribution in [3.05, 3.63) is 47.5 Å². The van der Waals surface area contributed by atoms with Crippen LogP contribution in [0.3, 0.4) is 0 Å². The summed E-state index contributed by atoms with van der Waals surface area (Å²) in [5.74, 6) is 0. The second-order valence-corrected chi connectivity index (χ2v) is 9.07. The quantitative estimate of drug-likeness (QED) is 0.689. The minimum absolute atomic E-state index is 0.328. The third-order valence-corrected chi connectivity index (χ3v) is 6.99. The number of hydrogen-bond acceptors (Lipinski definition) is 5. The van der Waals surface area contributed by atoms with Gasteiger partial charge >= 0.3 is 0 Å². The topological polar surface area (TPSA) is 30.0 Å². The van der Waals surface area contributed by atoms with E-state index in [2.05, 4.69) is 51.1 Å². The number of aliphatic hydroxyl groups excluding tert-OH is 1. The lowest BCUT2D eigenvalue weighted by atomic mass is 10.2. The number of unbranched alkanes of at least 4 members (excludes halogenated alkanes) is 1. The molecule has 2 aromatic carbocycles. The van der Waals surface area contributed by atoms with Crippen molar-refractivity contribution < 1.29 is 5.11 Å². The first-order valence-electron chi connectivity index (χ1n) is 10.1. The minimum atomic E-state index is -0.328. The number of piperazine rings is 1.